The monoisotopic (exact) mass is 256 g/mol. The summed E-state index contributed by atoms with van der Waals surface area (Å²) in [6.45, 7) is 3.32. The quantitative estimate of drug-likeness (QED) is 0.842. The van der Waals surface area contributed by atoms with Crippen LogP contribution in [0.1, 0.15) is 44.6 Å². The summed E-state index contributed by atoms with van der Waals surface area (Å²) >= 11 is 0. The minimum Gasteiger partial charge on any atom is -0.361 e. The van der Waals surface area contributed by atoms with Crippen molar-refractivity contribution in [3.05, 3.63) is 36.0 Å². The second-order valence-electron chi connectivity index (χ2n) is 5.87. The van der Waals surface area contributed by atoms with Gasteiger partial charge < -0.3 is 10.3 Å². The summed E-state index contributed by atoms with van der Waals surface area (Å²) in [5, 5.41) is 5.13. The van der Waals surface area contributed by atoms with Crippen molar-refractivity contribution in [1.82, 2.24) is 10.3 Å². The number of nitrogens with one attached hydrogen (secondary N) is 2. The van der Waals surface area contributed by atoms with Crippen molar-refractivity contribution >= 4 is 10.9 Å². The van der Waals surface area contributed by atoms with Crippen LogP contribution in [-0.4, -0.2) is 11.0 Å². The second-order valence-corrected chi connectivity index (χ2v) is 5.87. The van der Waals surface area contributed by atoms with Crippen molar-refractivity contribution in [2.75, 3.05) is 0 Å². The average molecular weight is 256 g/mol. The Bertz CT molecular complexity index is 529. The molecule has 0 bridgehead atoms. The van der Waals surface area contributed by atoms with Gasteiger partial charge in [0.2, 0.25) is 0 Å². The molecule has 3 rings (SSSR count). The standard InChI is InChI=1S/C17H24N2/c1-2-13-5-3-7-15(11-13)19-12-14-6-4-8-17-16(14)9-10-18-17/h4,6,8-10,13,15,18-19H,2-3,5,7,11-12H2,1H3. The van der Waals surface area contributed by atoms with Gasteiger partial charge >= 0.3 is 0 Å². The summed E-state index contributed by atoms with van der Waals surface area (Å²) in [7, 11) is 0. The smallest absolute Gasteiger partial charge is 0.0457 e. The zero-order valence-electron chi connectivity index (χ0n) is 11.8. The van der Waals surface area contributed by atoms with Crippen molar-refractivity contribution in [1.29, 1.82) is 0 Å². The largest absolute Gasteiger partial charge is 0.361 e. The Hall–Kier alpha value is -1.28. The third-order valence-electron chi connectivity index (χ3n) is 4.63. The van der Waals surface area contributed by atoms with E-state index in [2.05, 4.69) is 41.5 Å². The summed E-state index contributed by atoms with van der Waals surface area (Å²) < 4.78 is 0. The lowest BCUT2D eigenvalue weighted by Gasteiger charge is -2.29. The lowest BCUT2D eigenvalue weighted by atomic mass is 9.84. The maximum Gasteiger partial charge on any atom is 0.0457 e. The van der Waals surface area contributed by atoms with Gasteiger partial charge in [-0.3, -0.25) is 0 Å². The summed E-state index contributed by atoms with van der Waals surface area (Å²) in [6.07, 6.45) is 8.90. The third kappa shape index (κ3) is 2.84. The van der Waals surface area contributed by atoms with Crippen LogP contribution in [0.2, 0.25) is 0 Å². The number of fused-ring (bicyclic) bond motifs is 1. The van der Waals surface area contributed by atoms with E-state index in [1.54, 1.807) is 0 Å². The fourth-order valence-corrected chi connectivity index (χ4v) is 3.41. The van der Waals surface area contributed by atoms with Crippen LogP contribution in [-0.2, 0) is 6.54 Å². The molecule has 102 valence electrons. The molecule has 19 heavy (non-hydrogen) atoms. The van der Waals surface area contributed by atoms with Crippen molar-refractivity contribution in [3.63, 3.8) is 0 Å². The Morgan fingerprint density at radius 1 is 1.26 bits per heavy atom. The van der Waals surface area contributed by atoms with Gasteiger partial charge in [-0.15, -0.1) is 0 Å². The van der Waals surface area contributed by atoms with Crippen LogP contribution in [0.15, 0.2) is 30.5 Å². The zero-order valence-corrected chi connectivity index (χ0v) is 11.8. The molecule has 0 radical (unpaired) electrons. The van der Waals surface area contributed by atoms with Gasteiger partial charge in [-0.2, -0.15) is 0 Å². The van der Waals surface area contributed by atoms with E-state index in [4.69, 9.17) is 0 Å². The topological polar surface area (TPSA) is 27.8 Å². The van der Waals surface area contributed by atoms with Gasteiger partial charge in [-0.05, 0) is 36.5 Å². The van der Waals surface area contributed by atoms with Gasteiger partial charge in [0.25, 0.3) is 0 Å². The number of benzene rings is 1. The minimum atomic E-state index is 0.716. The summed E-state index contributed by atoms with van der Waals surface area (Å²) in [5.74, 6) is 0.939. The van der Waals surface area contributed by atoms with E-state index in [9.17, 15) is 0 Å². The summed E-state index contributed by atoms with van der Waals surface area (Å²) in [4.78, 5) is 3.29. The molecule has 0 aliphatic heterocycles. The molecular weight excluding hydrogens is 232 g/mol. The van der Waals surface area contributed by atoms with Crippen LogP contribution in [0.4, 0.5) is 0 Å². The van der Waals surface area contributed by atoms with E-state index >= 15 is 0 Å². The predicted octanol–water partition coefficient (Wildman–Crippen LogP) is 4.23. The van der Waals surface area contributed by atoms with Crippen LogP contribution in [0, 0.1) is 5.92 Å². The highest BCUT2D eigenvalue weighted by Crippen LogP contribution is 2.27. The van der Waals surface area contributed by atoms with Gasteiger partial charge in [0.05, 0.1) is 0 Å². The Kier molecular flexibility index (Phi) is 3.88. The zero-order chi connectivity index (χ0) is 13.1. The molecule has 0 saturated heterocycles. The maximum absolute atomic E-state index is 3.77. The van der Waals surface area contributed by atoms with E-state index in [-0.39, 0.29) is 0 Å². The molecule has 2 aromatic rings. The lowest BCUT2D eigenvalue weighted by molar-refractivity contribution is 0.278. The normalized spacial score (nSPS) is 23.8. The van der Waals surface area contributed by atoms with Crippen molar-refractivity contribution in [2.24, 2.45) is 5.92 Å². The maximum atomic E-state index is 3.77. The summed E-state index contributed by atoms with van der Waals surface area (Å²) in [6, 6.07) is 9.43. The molecule has 1 saturated carbocycles. The van der Waals surface area contributed by atoms with Crippen LogP contribution in [0.5, 0.6) is 0 Å². The highest BCUT2D eigenvalue weighted by atomic mass is 14.9. The number of rotatable bonds is 4. The molecule has 2 N–H and O–H groups in total. The number of aromatic amines is 1. The van der Waals surface area contributed by atoms with Crippen LogP contribution < -0.4 is 5.32 Å². The first-order chi connectivity index (χ1) is 9.36. The van der Waals surface area contributed by atoms with E-state index < -0.39 is 0 Å². The first-order valence-electron chi connectivity index (χ1n) is 7.65. The molecule has 2 unspecified atom stereocenters. The van der Waals surface area contributed by atoms with Crippen molar-refractivity contribution in [3.8, 4) is 0 Å². The summed E-state index contributed by atoms with van der Waals surface area (Å²) in [5.41, 5.74) is 2.66. The molecule has 1 fully saturated rings. The van der Waals surface area contributed by atoms with E-state index in [1.165, 1.54) is 48.6 Å². The highest BCUT2D eigenvalue weighted by Gasteiger charge is 2.20. The first kappa shape index (κ1) is 12.7. The van der Waals surface area contributed by atoms with Crippen molar-refractivity contribution < 1.29 is 0 Å². The molecule has 2 nitrogen and oxygen atoms in total. The molecule has 1 aromatic carbocycles. The van der Waals surface area contributed by atoms with E-state index in [0.29, 0.717) is 6.04 Å². The third-order valence-corrected chi connectivity index (χ3v) is 4.63. The molecule has 1 aromatic heterocycles. The fraction of sp³-hybridized carbons (Fsp3) is 0.529. The molecule has 2 heteroatoms. The molecule has 0 spiro atoms. The van der Waals surface area contributed by atoms with Gasteiger partial charge in [-0.1, -0.05) is 38.3 Å². The van der Waals surface area contributed by atoms with Crippen LogP contribution >= 0.6 is 0 Å². The molecule has 1 aliphatic rings. The molecule has 0 amide bonds. The first-order valence-corrected chi connectivity index (χ1v) is 7.65. The van der Waals surface area contributed by atoms with E-state index in [1.807, 2.05) is 6.20 Å². The Morgan fingerprint density at radius 2 is 2.21 bits per heavy atom. The Labute approximate surface area is 115 Å². The lowest BCUT2D eigenvalue weighted by Crippen LogP contribution is -2.33. The van der Waals surface area contributed by atoms with Gasteiger partial charge in [0.1, 0.15) is 0 Å². The van der Waals surface area contributed by atoms with Crippen molar-refractivity contribution in [2.45, 2.75) is 51.6 Å². The number of H-pyrrole nitrogens is 1. The number of hydrogen-bond acceptors (Lipinski definition) is 1. The minimum absolute atomic E-state index is 0.716. The van der Waals surface area contributed by atoms with Gasteiger partial charge in [-0.25, -0.2) is 0 Å². The molecule has 1 aliphatic carbocycles. The number of hydrogen-bond donors (Lipinski definition) is 2. The number of aromatic nitrogens is 1. The molecule has 1 heterocycles. The van der Waals surface area contributed by atoms with Gasteiger partial charge in [0.15, 0.2) is 0 Å². The average Bonchev–Trinajstić information content (AvgIpc) is 2.94. The SMILES string of the molecule is CCC1CCCC(NCc2cccc3[nH]ccc23)C1. The van der Waals surface area contributed by atoms with Crippen LogP contribution in [0.3, 0.4) is 0 Å². The molecule has 2 atom stereocenters. The second kappa shape index (κ2) is 5.79. The van der Waals surface area contributed by atoms with E-state index in [0.717, 1.165) is 12.5 Å². The molecular formula is C17H24N2. The Balaban J connectivity index is 1.64. The Morgan fingerprint density at radius 3 is 3.11 bits per heavy atom. The predicted molar refractivity (Wildman–Crippen MR) is 81.2 cm³/mol. The van der Waals surface area contributed by atoms with Crippen LogP contribution in [0.25, 0.3) is 10.9 Å². The highest BCUT2D eigenvalue weighted by molar-refractivity contribution is 5.82. The fourth-order valence-electron chi connectivity index (χ4n) is 3.41. The van der Waals surface area contributed by atoms with Gasteiger partial charge in [0, 0.05) is 29.7 Å².